The summed E-state index contributed by atoms with van der Waals surface area (Å²) in [5, 5.41) is 26.8. The van der Waals surface area contributed by atoms with Crippen molar-refractivity contribution in [1.29, 1.82) is 0 Å². The highest BCUT2D eigenvalue weighted by atomic mass is 16.5. The summed E-state index contributed by atoms with van der Waals surface area (Å²) in [7, 11) is 0. The monoisotopic (exact) mass is 480 g/mol. The van der Waals surface area contributed by atoms with E-state index in [2.05, 4.69) is 15.1 Å². The number of nitrogens with one attached hydrogen (secondary N) is 1. The van der Waals surface area contributed by atoms with E-state index < -0.39 is 17.9 Å². The number of rotatable bonds is 9. The van der Waals surface area contributed by atoms with Gasteiger partial charge in [0.05, 0.1) is 25.2 Å². The predicted octanol–water partition coefficient (Wildman–Crippen LogP) is 2.31. The summed E-state index contributed by atoms with van der Waals surface area (Å²) >= 11 is 0. The quantitative estimate of drug-likeness (QED) is 0.239. The first-order chi connectivity index (χ1) is 16.9. The number of morpholine rings is 1. The molecule has 1 saturated heterocycles. The molecule has 4 rings (SSSR count). The highest BCUT2D eigenvalue weighted by Crippen LogP contribution is 2.25. The minimum absolute atomic E-state index is 0.240. The van der Waals surface area contributed by atoms with Crippen LogP contribution in [-0.4, -0.2) is 69.5 Å². The van der Waals surface area contributed by atoms with Crippen molar-refractivity contribution in [2.45, 2.75) is 26.0 Å². The molecule has 2 heterocycles. The first-order valence-corrected chi connectivity index (χ1v) is 11.4. The standard InChI is InChI=1S/C25H28N4O6/c1-16(30)21(23(32)28-33)14-22(31)18-6-8-20(9-7-18)25-27-26-24(35-25)19-4-2-17(3-5-19)15-29-10-12-34-13-11-29/h2-9,16,21,30,33H,10-15H2,1H3,(H,28,32)/t16-,21+/m1/s1. The lowest BCUT2D eigenvalue weighted by Gasteiger charge is -2.26. The molecule has 1 amide bonds. The molecule has 3 N–H and O–H groups in total. The molecule has 0 aliphatic carbocycles. The number of carbonyl (C=O) groups is 2. The second-order valence-corrected chi connectivity index (χ2v) is 8.53. The molecule has 2 aromatic carbocycles. The van der Waals surface area contributed by atoms with Crippen molar-refractivity contribution in [2.75, 3.05) is 26.3 Å². The number of nitrogens with zero attached hydrogens (tertiary/aromatic N) is 3. The molecule has 0 saturated carbocycles. The third-order valence-electron chi connectivity index (χ3n) is 6.02. The number of benzene rings is 2. The lowest BCUT2D eigenvalue weighted by molar-refractivity contribution is -0.136. The van der Waals surface area contributed by atoms with E-state index in [9.17, 15) is 14.7 Å². The third kappa shape index (κ3) is 6.17. The second kappa shape index (κ2) is 11.3. The number of Topliss-reactive ketones (excluding diaryl/α,β-unsaturated/α-hetero) is 1. The van der Waals surface area contributed by atoms with Gasteiger partial charge in [-0.3, -0.25) is 19.7 Å². The fraction of sp³-hybridized carbons (Fsp3) is 0.360. The van der Waals surface area contributed by atoms with Crippen LogP contribution in [0.25, 0.3) is 22.9 Å². The van der Waals surface area contributed by atoms with Gasteiger partial charge in [0.1, 0.15) is 0 Å². The zero-order chi connectivity index (χ0) is 24.8. The zero-order valence-electron chi connectivity index (χ0n) is 19.4. The predicted molar refractivity (Wildman–Crippen MR) is 125 cm³/mol. The Morgan fingerprint density at radius 2 is 1.57 bits per heavy atom. The van der Waals surface area contributed by atoms with Crippen LogP contribution in [0.1, 0.15) is 29.3 Å². The third-order valence-corrected chi connectivity index (χ3v) is 6.02. The molecule has 0 unspecified atom stereocenters. The van der Waals surface area contributed by atoms with Crippen molar-refractivity contribution in [2.24, 2.45) is 5.92 Å². The highest BCUT2D eigenvalue weighted by molar-refractivity contribution is 5.98. The number of carbonyl (C=O) groups excluding carboxylic acids is 2. The summed E-state index contributed by atoms with van der Waals surface area (Å²) in [6, 6.07) is 14.6. The fourth-order valence-corrected chi connectivity index (χ4v) is 3.91. The van der Waals surface area contributed by atoms with Crippen LogP contribution in [-0.2, 0) is 16.1 Å². The Kier molecular flexibility index (Phi) is 7.98. The lowest BCUT2D eigenvalue weighted by atomic mass is 9.93. The zero-order valence-corrected chi connectivity index (χ0v) is 19.4. The smallest absolute Gasteiger partial charge is 0.249 e. The normalized spacial score (nSPS) is 16.0. The van der Waals surface area contributed by atoms with Crippen molar-refractivity contribution in [3.05, 3.63) is 59.7 Å². The van der Waals surface area contributed by atoms with E-state index in [0.29, 0.717) is 22.9 Å². The Labute approximate surface area is 202 Å². The van der Waals surface area contributed by atoms with Crippen LogP contribution in [0, 0.1) is 5.92 Å². The minimum Gasteiger partial charge on any atom is -0.416 e. The molecule has 10 nitrogen and oxygen atoms in total. The summed E-state index contributed by atoms with van der Waals surface area (Å²) in [6.45, 7) is 5.65. The molecule has 3 aromatic rings. The Morgan fingerprint density at radius 3 is 2.11 bits per heavy atom. The topological polar surface area (TPSA) is 138 Å². The number of hydrogen-bond donors (Lipinski definition) is 3. The number of hydroxylamine groups is 1. The molecule has 0 bridgehead atoms. The second-order valence-electron chi connectivity index (χ2n) is 8.53. The Bertz CT molecular complexity index is 1140. The van der Waals surface area contributed by atoms with E-state index >= 15 is 0 Å². The maximum Gasteiger partial charge on any atom is 0.249 e. The molecule has 35 heavy (non-hydrogen) atoms. The fourth-order valence-electron chi connectivity index (χ4n) is 3.91. The van der Waals surface area contributed by atoms with E-state index in [1.165, 1.54) is 18.0 Å². The van der Waals surface area contributed by atoms with Crippen LogP contribution in [0.4, 0.5) is 0 Å². The molecular weight excluding hydrogens is 452 g/mol. The number of ether oxygens (including phenoxy) is 1. The van der Waals surface area contributed by atoms with Crippen molar-refractivity contribution in [1.82, 2.24) is 20.6 Å². The number of amides is 1. The molecule has 1 fully saturated rings. The lowest BCUT2D eigenvalue weighted by Crippen LogP contribution is -2.36. The van der Waals surface area contributed by atoms with Crippen LogP contribution in [0.3, 0.4) is 0 Å². The van der Waals surface area contributed by atoms with Crippen LogP contribution >= 0.6 is 0 Å². The van der Waals surface area contributed by atoms with E-state index in [4.69, 9.17) is 14.4 Å². The number of aliphatic hydroxyl groups excluding tert-OH is 1. The van der Waals surface area contributed by atoms with Gasteiger partial charge in [-0.25, -0.2) is 5.48 Å². The van der Waals surface area contributed by atoms with Crippen molar-refractivity contribution < 1.29 is 29.1 Å². The first-order valence-electron chi connectivity index (χ1n) is 11.4. The van der Waals surface area contributed by atoms with Gasteiger partial charge in [-0.1, -0.05) is 24.3 Å². The summed E-state index contributed by atoms with van der Waals surface area (Å²) < 4.78 is 11.2. The summed E-state index contributed by atoms with van der Waals surface area (Å²) in [5.74, 6) is -1.48. The van der Waals surface area contributed by atoms with Crippen LogP contribution in [0.5, 0.6) is 0 Å². The number of aliphatic hydroxyl groups is 1. The van der Waals surface area contributed by atoms with E-state index in [0.717, 1.165) is 38.4 Å². The molecule has 2 atom stereocenters. The van der Waals surface area contributed by atoms with Gasteiger partial charge in [0.15, 0.2) is 5.78 Å². The van der Waals surface area contributed by atoms with Gasteiger partial charge in [0.25, 0.3) is 0 Å². The number of hydrogen-bond acceptors (Lipinski definition) is 9. The number of aromatic nitrogens is 2. The molecule has 1 aliphatic heterocycles. The first kappa shape index (κ1) is 24.7. The average Bonchev–Trinajstić information content (AvgIpc) is 3.38. The molecule has 1 aliphatic rings. The SMILES string of the molecule is C[C@@H](O)[C@H](CC(=O)c1ccc(-c2nnc(-c3ccc(CN4CCOCC4)cc3)o2)cc1)C(=O)NO. The molecule has 0 spiro atoms. The van der Waals surface area contributed by atoms with Crippen molar-refractivity contribution in [3.63, 3.8) is 0 Å². The number of ketones is 1. The van der Waals surface area contributed by atoms with Gasteiger partial charge < -0.3 is 14.3 Å². The highest BCUT2D eigenvalue weighted by Gasteiger charge is 2.27. The van der Waals surface area contributed by atoms with E-state index in [-0.39, 0.29) is 12.2 Å². The molecule has 10 heteroatoms. The van der Waals surface area contributed by atoms with Gasteiger partial charge in [-0.15, -0.1) is 10.2 Å². The Hall–Kier alpha value is -3.44. The van der Waals surface area contributed by atoms with Gasteiger partial charge in [0, 0.05) is 42.7 Å². The largest absolute Gasteiger partial charge is 0.416 e. The minimum atomic E-state index is -1.09. The Morgan fingerprint density at radius 1 is 1.00 bits per heavy atom. The van der Waals surface area contributed by atoms with Crippen molar-refractivity contribution in [3.8, 4) is 22.9 Å². The molecule has 1 aromatic heterocycles. The summed E-state index contributed by atoms with van der Waals surface area (Å²) in [5.41, 5.74) is 4.50. The van der Waals surface area contributed by atoms with Crippen LogP contribution in [0.2, 0.25) is 0 Å². The molecule has 184 valence electrons. The summed E-state index contributed by atoms with van der Waals surface area (Å²) in [6.07, 6.45) is -1.33. The Balaban J connectivity index is 1.40. The molecule has 0 radical (unpaired) electrons. The van der Waals surface area contributed by atoms with Gasteiger partial charge in [-0.2, -0.15) is 0 Å². The van der Waals surface area contributed by atoms with Crippen LogP contribution < -0.4 is 5.48 Å². The van der Waals surface area contributed by atoms with Crippen molar-refractivity contribution >= 4 is 11.7 Å². The van der Waals surface area contributed by atoms with Gasteiger partial charge >= 0.3 is 0 Å². The summed E-state index contributed by atoms with van der Waals surface area (Å²) in [4.78, 5) is 26.6. The molecular formula is C25H28N4O6. The maximum absolute atomic E-state index is 12.5. The van der Waals surface area contributed by atoms with Gasteiger partial charge in [-0.05, 0) is 36.8 Å². The van der Waals surface area contributed by atoms with E-state index in [1.807, 2.05) is 24.3 Å². The average molecular weight is 481 g/mol. The van der Waals surface area contributed by atoms with Gasteiger partial charge in [0.2, 0.25) is 17.7 Å². The van der Waals surface area contributed by atoms with Crippen LogP contribution in [0.15, 0.2) is 52.9 Å². The maximum atomic E-state index is 12.5. The van der Waals surface area contributed by atoms with E-state index in [1.54, 1.807) is 24.3 Å².